The SMILES string of the molecule is CCCCCNC(=O)C(c1cc(C)cc(C)c1)N(C(=O)C(CCC(N)=O)NC(=O)OC(C)(C)C)C(C)CC. The second-order valence-corrected chi connectivity index (χ2v) is 11.0. The minimum Gasteiger partial charge on any atom is -0.444 e. The van der Waals surface area contributed by atoms with Crippen LogP contribution in [0.5, 0.6) is 0 Å². The van der Waals surface area contributed by atoms with E-state index in [9.17, 15) is 19.2 Å². The molecular weight excluding hydrogens is 484 g/mol. The van der Waals surface area contributed by atoms with Crippen LogP contribution in [0.25, 0.3) is 0 Å². The number of hydrogen-bond donors (Lipinski definition) is 3. The van der Waals surface area contributed by atoms with Gasteiger partial charge in [-0.1, -0.05) is 56.0 Å². The maximum atomic E-state index is 14.1. The molecule has 3 atom stereocenters. The fourth-order valence-corrected chi connectivity index (χ4v) is 4.26. The normalized spacial score (nSPS) is 13.7. The Hall–Kier alpha value is -3.10. The highest BCUT2D eigenvalue weighted by molar-refractivity contribution is 5.92. The fraction of sp³-hybridized carbons (Fsp3) is 0.655. The van der Waals surface area contributed by atoms with Crippen molar-refractivity contribution in [2.24, 2.45) is 5.73 Å². The molecule has 1 aromatic rings. The van der Waals surface area contributed by atoms with E-state index in [2.05, 4.69) is 17.6 Å². The average Bonchev–Trinajstić information content (AvgIpc) is 2.79. The number of alkyl carbamates (subject to hydrolysis) is 1. The second-order valence-electron chi connectivity index (χ2n) is 11.0. The lowest BCUT2D eigenvalue weighted by Crippen LogP contribution is -2.55. The van der Waals surface area contributed by atoms with Gasteiger partial charge in [0, 0.05) is 19.0 Å². The number of hydrogen-bond acceptors (Lipinski definition) is 5. The summed E-state index contributed by atoms with van der Waals surface area (Å²) in [4.78, 5) is 53.6. The fourth-order valence-electron chi connectivity index (χ4n) is 4.26. The van der Waals surface area contributed by atoms with Gasteiger partial charge < -0.3 is 26.0 Å². The van der Waals surface area contributed by atoms with E-state index in [0.29, 0.717) is 18.5 Å². The Kier molecular flexibility index (Phi) is 13.3. The molecule has 0 radical (unpaired) electrons. The molecule has 4 amide bonds. The summed E-state index contributed by atoms with van der Waals surface area (Å²) in [5.74, 6) is -1.35. The van der Waals surface area contributed by atoms with Gasteiger partial charge in [-0.05, 0) is 66.4 Å². The molecule has 0 aliphatic rings. The Bertz CT molecular complexity index is 937. The van der Waals surface area contributed by atoms with Crippen molar-refractivity contribution in [3.05, 3.63) is 34.9 Å². The minimum atomic E-state index is -1.10. The number of nitrogens with two attached hydrogens (primary N) is 1. The van der Waals surface area contributed by atoms with Gasteiger partial charge in [-0.2, -0.15) is 0 Å². The minimum absolute atomic E-state index is 0.0158. The lowest BCUT2D eigenvalue weighted by molar-refractivity contribution is -0.145. The molecule has 0 spiro atoms. The third-order valence-corrected chi connectivity index (χ3v) is 6.15. The molecule has 0 bridgehead atoms. The number of carbonyl (C=O) groups is 4. The highest BCUT2D eigenvalue weighted by atomic mass is 16.6. The third kappa shape index (κ3) is 11.1. The van der Waals surface area contributed by atoms with Gasteiger partial charge in [-0.15, -0.1) is 0 Å². The molecule has 9 nitrogen and oxygen atoms in total. The van der Waals surface area contributed by atoms with Crippen molar-refractivity contribution in [1.29, 1.82) is 0 Å². The predicted octanol–water partition coefficient (Wildman–Crippen LogP) is 4.44. The number of amides is 4. The molecule has 1 rings (SSSR count). The van der Waals surface area contributed by atoms with E-state index in [4.69, 9.17) is 10.5 Å². The summed E-state index contributed by atoms with van der Waals surface area (Å²) in [6.45, 7) is 15.4. The zero-order chi connectivity index (χ0) is 29.0. The number of rotatable bonds is 14. The van der Waals surface area contributed by atoms with Gasteiger partial charge >= 0.3 is 6.09 Å². The van der Waals surface area contributed by atoms with E-state index in [-0.39, 0.29) is 24.8 Å². The van der Waals surface area contributed by atoms with Crippen LogP contribution in [0.3, 0.4) is 0 Å². The summed E-state index contributed by atoms with van der Waals surface area (Å²) in [5.41, 5.74) is 7.23. The number of aryl methyl sites for hydroxylation is 2. The maximum Gasteiger partial charge on any atom is 0.408 e. The topological polar surface area (TPSA) is 131 Å². The van der Waals surface area contributed by atoms with Gasteiger partial charge in [0.05, 0.1) is 0 Å². The van der Waals surface area contributed by atoms with E-state index >= 15 is 0 Å². The number of ether oxygens (including phenoxy) is 1. The first kappa shape index (κ1) is 32.9. The number of primary amides is 1. The summed E-state index contributed by atoms with van der Waals surface area (Å²) in [6.07, 6.45) is 2.50. The summed E-state index contributed by atoms with van der Waals surface area (Å²) in [6, 6.07) is 3.46. The quantitative estimate of drug-likeness (QED) is 0.305. The second kappa shape index (κ2) is 15.3. The van der Waals surface area contributed by atoms with Crippen molar-refractivity contribution in [1.82, 2.24) is 15.5 Å². The van der Waals surface area contributed by atoms with E-state index in [1.165, 1.54) is 4.90 Å². The van der Waals surface area contributed by atoms with Crippen LogP contribution in [-0.2, 0) is 19.1 Å². The van der Waals surface area contributed by atoms with E-state index in [0.717, 1.165) is 30.4 Å². The van der Waals surface area contributed by atoms with Gasteiger partial charge in [0.2, 0.25) is 17.7 Å². The number of nitrogens with zero attached hydrogens (tertiary/aromatic N) is 1. The molecule has 38 heavy (non-hydrogen) atoms. The summed E-state index contributed by atoms with van der Waals surface area (Å²) >= 11 is 0. The molecule has 3 unspecified atom stereocenters. The number of nitrogens with one attached hydrogen (secondary N) is 2. The van der Waals surface area contributed by atoms with Crippen LogP contribution >= 0.6 is 0 Å². The predicted molar refractivity (Wildman–Crippen MR) is 149 cm³/mol. The molecule has 0 fully saturated rings. The van der Waals surface area contributed by atoms with Crippen LogP contribution in [-0.4, -0.2) is 52.9 Å². The third-order valence-electron chi connectivity index (χ3n) is 6.15. The molecule has 0 saturated heterocycles. The maximum absolute atomic E-state index is 14.1. The zero-order valence-electron chi connectivity index (χ0n) is 24.5. The van der Waals surface area contributed by atoms with Crippen LogP contribution in [0.15, 0.2) is 18.2 Å². The molecule has 4 N–H and O–H groups in total. The van der Waals surface area contributed by atoms with E-state index < -0.39 is 35.6 Å². The highest BCUT2D eigenvalue weighted by Gasteiger charge is 2.38. The first-order valence-corrected chi connectivity index (χ1v) is 13.7. The van der Waals surface area contributed by atoms with Crippen molar-refractivity contribution in [3.63, 3.8) is 0 Å². The first-order valence-electron chi connectivity index (χ1n) is 13.7. The van der Waals surface area contributed by atoms with Gasteiger partial charge in [0.25, 0.3) is 0 Å². The van der Waals surface area contributed by atoms with Gasteiger partial charge in [-0.3, -0.25) is 14.4 Å². The number of unbranched alkanes of at least 4 members (excludes halogenated alkanes) is 2. The Balaban J connectivity index is 3.54. The van der Waals surface area contributed by atoms with Crippen LogP contribution < -0.4 is 16.4 Å². The molecule has 0 aliphatic carbocycles. The van der Waals surface area contributed by atoms with Crippen LogP contribution in [0, 0.1) is 13.8 Å². The van der Waals surface area contributed by atoms with Crippen molar-refractivity contribution < 1.29 is 23.9 Å². The molecule has 0 aliphatic heterocycles. The zero-order valence-corrected chi connectivity index (χ0v) is 24.5. The molecular formula is C29H48N4O5. The number of benzene rings is 1. The molecule has 1 aromatic carbocycles. The summed E-state index contributed by atoms with van der Waals surface area (Å²) in [7, 11) is 0. The Morgan fingerprint density at radius 2 is 1.63 bits per heavy atom. The lowest BCUT2D eigenvalue weighted by atomic mass is 9.96. The van der Waals surface area contributed by atoms with Gasteiger partial charge in [0.15, 0.2) is 0 Å². The highest BCUT2D eigenvalue weighted by Crippen LogP contribution is 2.28. The molecule has 0 heterocycles. The molecule has 0 saturated carbocycles. The van der Waals surface area contributed by atoms with E-state index in [1.54, 1.807) is 20.8 Å². The van der Waals surface area contributed by atoms with E-state index in [1.807, 2.05) is 45.9 Å². The Morgan fingerprint density at radius 1 is 1.03 bits per heavy atom. The molecule has 214 valence electrons. The first-order chi connectivity index (χ1) is 17.7. The van der Waals surface area contributed by atoms with Crippen LogP contribution in [0.4, 0.5) is 4.79 Å². The average molecular weight is 533 g/mol. The smallest absolute Gasteiger partial charge is 0.408 e. The summed E-state index contributed by atoms with van der Waals surface area (Å²) < 4.78 is 5.38. The van der Waals surface area contributed by atoms with Gasteiger partial charge in [-0.25, -0.2) is 4.79 Å². The molecule has 0 aromatic heterocycles. The van der Waals surface area contributed by atoms with Crippen LogP contribution in [0.1, 0.15) is 103 Å². The van der Waals surface area contributed by atoms with Crippen molar-refractivity contribution in [2.45, 2.75) is 118 Å². The Morgan fingerprint density at radius 3 is 2.13 bits per heavy atom. The monoisotopic (exact) mass is 532 g/mol. The van der Waals surface area contributed by atoms with Gasteiger partial charge in [0.1, 0.15) is 17.7 Å². The van der Waals surface area contributed by atoms with Crippen LogP contribution in [0.2, 0.25) is 0 Å². The largest absolute Gasteiger partial charge is 0.444 e. The summed E-state index contributed by atoms with van der Waals surface area (Å²) in [5, 5.41) is 5.64. The number of carbonyl (C=O) groups excluding carboxylic acids is 4. The van der Waals surface area contributed by atoms with Crippen molar-refractivity contribution in [3.8, 4) is 0 Å². The lowest BCUT2D eigenvalue weighted by Gasteiger charge is -2.38. The van der Waals surface area contributed by atoms with Crippen molar-refractivity contribution >= 4 is 23.8 Å². The standard InChI is InChI=1S/C29H48N4O5/c1-9-11-12-15-31-26(35)25(22-17-19(3)16-20(4)18-22)33(21(5)10-2)27(36)23(13-14-24(30)34)32-28(37)38-29(6,7)8/h16-18,21,23,25H,9-15H2,1-8H3,(H2,30,34)(H,31,35)(H,32,37). The Labute approximate surface area is 228 Å². The molecule has 9 heteroatoms. The van der Waals surface area contributed by atoms with Crippen molar-refractivity contribution in [2.75, 3.05) is 6.54 Å².